The van der Waals surface area contributed by atoms with Crippen LogP contribution in [0.4, 0.5) is 5.69 Å². The number of hydrogen-bond acceptors (Lipinski definition) is 3. The van der Waals surface area contributed by atoms with Crippen molar-refractivity contribution in [1.82, 2.24) is 4.90 Å². The quantitative estimate of drug-likeness (QED) is 0.616. The summed E-state index contributed by atoms with van der Waals surface area (Å²) < 4.78 is 5.62. The molecule has 1 heterocycles. The van der Waals surface area contributed by atoms with Crippen LogP contribution in [0.25, 0.3) is 11.0 Å². The maximum absolute atomic E-state index is 12.8. The number of fused-ring (bicyclic) bond motifs is 1. The Balaban J connectivity index is 1.70. The molecule has 0 atom stereocenters. The summed E-state index contributed by atoms with van der Waals surface area (Å²) in [6.45, 7) is 8.23. The summed E-state index contributed by atoms with van der Waals surface area (Å²) in [5.74, 6) is -0.375. The fourth-order valence-electron chi connectivity index (χ4n) is 3.22. The summed E-state index contributed by atoms with van der Waals surface area (Å²) in [7, 11) is 0. The third-order valence-corrected chi connectivity index (χ3v) is 5.39. The maximum Gasteiger partial charge on any atom is 0.244 e. The van der Waals surface area contributed by atoms with Gasteiger partial charge in [-0.2, -0.15) is 0 Å². The van der Waals surface area contributed by atoms with Gasteiger partial charge >= 0.3 is 0 Å². The summed E-state index contributed by atoms with van der Waals surface area (Å²) in [5.41, 5.74) is 5.46. The number of hydrogen-bond donors (Lipinski definition) is 1. The van der Waals surface area contributed by atoms with Gasteiger partial charge in [-0.15, -0.1) is 0 Å². The van der Waals surface area contributed by atoms with Gasteiger partial charge in [-0.25, -0.2) is 0 Å². The highest BCUT2D eigenvalue weighted by Gasteiger charge is 2.19. The Morgan fingerprint density at radius 2 is 1.79 bits per heavy atom. The Morgan fingerprint density at radius 1 is 1.07 bits per heavy atom. The van der Waals surface area contributed by atoms with Crippen molar-refractivity contribution in [2.24, 2.45) is 0 Å². The smallest absolute Gasteiger partial charge is 0.244 e. The normalized spacial score (nSPS) is 10.9. The number of aryl methyl sites for hydroxylation is 3. The van der Waals surface area contributed by atoms with Gasteiger partial charge in [0.2, 0.25) is 11.8 Å². The van der Waals surface area contributed by atoms with Gasteiger partial charge in [-0.3, -0.25) is 9.59 Å². The van der Waals surface area contributed by atoms with Gasteiger partial charge in [-0.1, -0.05) is 17.7 Å². The molecule has 0 aliphatic carbocycles. The first-order chi connectivity index (χ1) is 13.8. The minimum absolute atomic E-state index is 0.0186. The molecular weight excluding hydrogens is 388 g/mol. The number of anilines is 1. The third kappa shape index (κ3) is 4.80. The molecule has 0 saturated carbocycles. The van der Waals surface area contributed by atoms with E-state index in [-0.39, 0.29) is 24.8 Å². The van der Waals surface area contributed by atoms with Crippen LogP contribution in [0.3, 0.4) is 0 Å². The van der Waals surface area contributed by atoms with Gasteiger partial charge in [0.05, 0.1) is 19.2 Å². The Bertz CT molecular complexity index is 1070. The van der Waals surface area contributed by atoms with Crippen LogP contribution in [-0.2, 0) is 16.0 Å². The molecule has 1 N–H and O–H groups in total. The number of benzene rings is 2. The predicted molar refractivity (Wildman–Crippen MR) is 116 cm³/mol. The Morgan fingerprint density at radius 3 is 2.52 bits per heavy atom. The predicted octanol–water partition coefficient (Wildman–Crippen LogP) is 5.04. The van der Waals surface area contributed by atoms with E-state index < -0.39 is 0 Å². The standard InChI is InChI=1S/C23H25ClN2O3/c1-5-26(12-22(27)25-20-11-18(24)7-6-14(20)2)23(28)10-17-13-29-21-9-16(4)15(3)8-19(17)21/h6-9,11,13H,5,10,12H2,1-4H3,(H,25,27). The molecular formula is C23H25ClN2O3. The lowest BCUT2D eigenvalue weighted by molar-refractivity contribution is -0.133. The van der Waals surface area contributed by atoms with Crippen LogP contribution >= 0.6 is 11.6 Å². The molecule has 29 heavy (non-hydrogen) atoms. The summed E-state index contributed by atoms with van der Waals surface area (Å²) in [6, 6.07) is 9.34. The average Bonchev–Trinajstić information content (AvgIpc) is 3.04. The maximum atomic E-state index is 12.8. The molecule has 3 aromatic rings. The second kappa shape index (κ2) is 8.70. The van der Waals surface area contributed by atoms with E-state index in [2.05, 4.69) is 5.32 Å². The molecule has 0 saturated heterocycles. The molecule has 0 bridgehead atoms. The van der Waals surface area contributed by atoms with Gasteiger partial charge in [0.1, 0.15) is 5.58 Å². The molecule has 0 unspecified atom stereocenters. The van der Waals surface area contributed by atoms with Crippen molar-refractivity contribution in [2.45, 2.75) is 34.1 Å². The van der Waals surface area contributed by atoms with Crippen molar-refractivity contribution in [3.8, 4) is 0 Å². The van der Waals surface area contributed by atoms with Gasteiger partial charge in [0.15, 0.2) is 0 Å². The van der Waals surface area contributed by atoms with E-state index in [1.165, 1.54) is 4.90 Å². The first-order valence-corrected chi connectivity index (χ1v) is 9.97. The number of furan rings is 1. The van der Waals surface area contributed by atoms with E-state index in [4.69, 9.17) is 16.0 Å². The minimum atomic E-state index is -0.255. The number of halogens is 1. The van der Waals surface area contributed by atoms with E-state index in [1.54, 1.807) is 18.4 Å². The molecule has 0 spiro atoms. The molecule has 0 radical (unpaired) electrons. The second-order valence-corrected chi connectivity index (χ2v) is 7.72. The van der Waals surface area contributed by atoms with Crippen LogP contribution in [0.2, 0.25) is 5.02 Å². The lowest BCUT2D eigenvalue weighted by Crippen LogP contribution is -2.38. The largest absolute Gasteiger partial charge is 0.464 e. The lowest BCUT2D eigenvalue weighted by atomic mass is 10.0. The van der Waals surface area contributed by atoms with Gasteiger partial charge in [-0.05, 0) is 68.7 Å². The van der Waals surface area contributed by atoms with E-state index in [0.717, 1.165) is 33.2 Å². The zero-order valence-corrected chi connectivity index (χ0v) is 17.9. The number of nitrogens with one attached hydrogen (secondary N) is 1. The van der Waals surface area contributed by atoms with Crippen molar-refractivity contribution in [1.29, 1.82) is 0 Å². The zero-order chi connectivity index (χ0) is 21.1. The third-order valence-electron chi connectivity index (χ3n) is 5.15. The Labute approximate surface area is 175 Å². The van der Waals surface area contributed by atoms with Crippen molar-refractivity contribution >= 4 is 40.1 Å². The molecule has 6 heteroatoms. The number of carbonyl (C=O) groups is 2. The van der Waals surface area contributed by atoms with Crippen LogP contribution in [0, 0.1) is 20.8 Å². The summed E-state index contributed by atoms with van der Waals surface area (Å²) in [4.78, 5) is 26.8. The number of likely N-dealkylation sites (N-methyl/N-ethyl adjacent to an activating group) is 1. The lowest BCUT2D eigenvalue weighted by Gasteiger charge is -2.20. The molecule has 0 aliphatic heterocycles. The number of nitrogens with zero attached hydrogens (tertiary/aromatic N) is 1. The Hall–Kier alpha value is -2.79. The number of rotatable bonds is 6. The monoisotopic (exact) mass is 412 g/mol. The fourth-order valence-corrected chi connectivity index (χ4v) is 3.39. The second-order valence-electron chi connectivity index (χ2n) is 7.29. The van der Waals surface area contributed by atoms with Crippen LogP contribution in [0.1, 0.15) is 29.2 Å². The van der Waals surface area contributed by atoms with Crippen molar-refractivity contribution in [3.63, 3.8) is 0 Å². The fraction of sp³-hybridized carbons (Fsp3) is 0.304. The van der Waals surface area contributed by atoms with Gasteiger partial charge < -0.3 is 14.6 Å². The molecule has 0 aliphatic rings. The molecule has 5 nitrogen and oxygen atoms in total. The molecule has 152 valence electrons. The van der Waals surface area contributed by atoms with Crippen LogP contribution in [-0.4, -0.2) is 29.8 Å². The number of carbonyl (C=O) groups excluding carboxylic acids is 2. The van der Waals surface area contributed by atoms with Crippen molar-refractivity contribution in [2.75, 3.05) is 18.4 Å². The van der Waals surface area contributed by atoms with Crippen molar-refractivity contribution < 1.29 is 14.0 Å². The first kappa shape index (κ1) is 20.9. The molecule has 0 fully saturated rings. The summed E-state index contributed by atoms with van der Waals surface area (Å²) in [6.07, 6.45) is 1.82. The summed E-state index contributed by atoms with van der Waals surface area (Å²) >= 11 is 6.01. The van der Waals surface area contributed by atoms with E-state index in [0.29, 0.717) is 17.3 Å². The highest BCUT2D eigenvalue weighted by atomic mass is 35.5. The topological polar surface area (TPSA) is 62.6 Å². The molecule has 2 aromatic carbocycles. The van der Waals surface area contributed by atoms with Gasteiger partial charge in [0, 0.05) is 28.2 Å². The summed E-state index contributed by atoms with van der Waals surface area (Å²) in [5, 5.41) is 4.33. The van der Waals surface area contributed by atoms with Gasteiger partial charge in [0.25, 0.3) is 0 Å². The Kier molecular flexibility index (Phi) is 6.28. The highest BCUT2D eigenvalue weighted by molar-refractivity contribution is 6.31. The van der Waals surface area contributed by atoms with Crippen LogP contribution < -0.4 is 5.32 Å². The first-order valence-electron chi connectivity index (χ1n) is 9.59. The van der Waals surface area contributed by atoms with E-state index in [1.807, 2.05) is 45.9 Å². The molecule has 2 amide bonds. The van der Waals surface area contributed by atoms with Crippen LogP contribution in [0.5, 0.6) is 0 Å². The highest BCUT2D eigenvalue weighted by Crippen LogP contribution is 2.25. The SMILES string of the molecule is CCN(CC(=O)Nc1cc(Cl)ccc1C)C(=O)Cc1coc2cc(C)c(C)cc12. The molecule has 3 rings (SSSR count). The molecule has 1 aromatic heterocycles. The van der Waals surface area contributed by atoms with E-state index in [9.17, 15) is 9.59 Å². The minimum Gasteiger partial charge on any atom is -0.464 e. The zero-order valence-electron chi connectivity index (χ0n) is 17.1. The van der Waals surface area contributed by atoms with E-state index >= 15 is 0 Å². The van der Waals surface area contributed by atoms with Crippen molar-refractivity contribution in [3.05, 3.63) is 63.9 Å². The van der Waals surface area contributed by atoms with Crippen LogP contribution in [0.15, 0.2) is 41.0 Å². The number of amides is 2. The average molecular weight is 413 g/mol.